The van der Waals surface area contributed by atoms with Crippen LogP contribution in [0.3, 0.4) is 0 Å². The Morgan fingerprint density at radius 1 is 1.40 bits per heavy atom. The van der Waals surface area contributed by atoms with Crippen molar-refractivity contribution in [3.8, 4) is 0 Å². The fraction of sp³-hybridized carbons (Fsp3) is 0.917. The van der Waals surface area contributed by atoms with Gasteiger partial charge in [-0.15, -0.1) is 0 Å². The van der Waals surface area contributed by atoms with Crippen molar-refractivity contribution >= 4 is 5.97 Å². The summed E-state index contributed by atoms with van der Waals surface area (Å²) >= 11 is 0. The Kier molecular flexibility index (Phi) is 4.58. The van der Waals surface area contributed by atoms with Crippen LogP contribution in [0.2, 0.25) is 0 Å². The Hall–Kier alpha value is -0.570. The topological polar surface area (TPSA) is 40.5 Å². The zero-order valence-corrected chi connectivity index (χ0v) is 10.1. The van der Waals surface area contributed by atoms with Crippen molar-refractivity contribution in [2.75, 3.05) is 6.54 Å². The number of nitrogens with zero attached hydrogens (tertiary/aromatic N) is 1. The molecular weight excluding hydrogens is 190 g/mol. The van der Waals surface area contributed by atoms with Gasteiger partial charge in [0.1, 0.15) is 0 Å². The van der Waals surface area contributed by atoms with Crippen molar-refractivity contribution in [2.24, 2.45) is 5.92 Å². The Balaban J connectivity index is 2.38. The summed E-state index contributed by atoms with van der Waals surface area (Å²) in [5.74, 6) is 0.0148. The maximum atomic E-state index is 10.7. The van der Waals surface area contributed by atoms with Crippen LogP contribution in [0.5, 0.6) is 0 Å². The second-order valence-electron chi connectivity index (χ2n) is 5.10. The molecule has 0 spiro atoms. The number of carbonyl (C=O) groups is 1. The predicted molar refractivity (Wildman–Crippen MR) is 60.9 cm³/mol. The van der Waals surface area contributed by atoms with E-state index in [9.17, 15) is 4.79 Å². The van der Waals surface area contributed by atoms with Crippen LogP contribution < -0.4 is 0 Å². The lowest BCUT2D eigenvalue weighted by atomic mass is 10.1. The molecule has 0 aromatic heterocycles. The minimum Gasteiger partial charge on any atom is -0.481 e. The molecule has 1 saturated carbocycles. The molecule has 1 atom stereocenters. The zero-order valence-electron chi connectivity index (χ0n) is 10.1. The van der Waals surface area contributed by atoms with Crippen molar-refractivity contribution in [2.45, 2.75) is 58.5 Å². The van der Waals surface area contributed by atoms with E-state index in [1.54, 1.807) is 0 Å². The van der Waals surface area contributed by atoms with Crippen molar-refractivity contribution in [1.82, 2.24) is 4.90 Å². The van der Waals surface area contributed by atoms with Gasteiger partial charge in [-0.2, -0.15) is 0 Å². The van der Waals surface area contributed by atoms with Gasteiger partial charge >= 0.3 is 5.97 Å². The highest BCUT2D eigenvalue weighted by molar-refractivity contribution is 5.67. The number of carboxylic acid groups (broad SMARTS) is 1. The normalized spacial score (nSPS) is 18.5. The maximum Gasteiger partial charge on any atom is 0.304 e. The quantitative estimate of drug-likeness (QED) is 0.705. The predicted octanol–water partition coefficient (Wildman–Crippen LogP) is 2.36. The average molecular weight is 213 g/mol. The molecule has 3 nitrogen and oxygen atoms in total. The van der Waals surface area contributed by atoms with E-state index in [0.717, 1.165) is 6.54 Å². The molecule has 0 aromatic rings. The Morgan fingerprint density at radius 2 is 2.00 bits per heavy atom. The Morgan fingerprint density at radius 3 is 2.40 bits per heavy atom. The molecule has 1 aliphatic carbocycles. The number of aliphatic carboxylic acids is 1. The standard InChI is InChI=1S/C12H23NO2/c1-9(2)6-7-13(11-4-5-11)10(3)8-12(14)15/h9-11H,4-8H2,1-3H3,(H,14,15). The van der Waals surface area contributed by atoms with Gasteiger partial charge in [-0.25, -0.2) is 0 Å². The number of hydrogen-bond donors (Lipinski definition) is 1. The van der Waals surface area contributed by atoms with E-state index in [1.807, 2.05) is 6.92 Å². The molecular formula is C12H23NO2. The van der Waals surface area contributed by atoms with Gasteiger partial charge in [0.25, 0.3) is 0 Å². The molecule has 1 unspecified atom stereocenters. The molecule has 1 fully saturated rings. The first-order chi connectivity index (χ1) is 7.00. The molecule has 88 valence electrons. The fourth-order valence-electron chi connectivity index (χ4n) is 1.95. The van der Waals surface area contributed by atoms with E-state index in [4.69, 9.17) is 5.11 Å². The van der Waals surface area contributed by atoms with Crippen molar-refractivity contribution in [1.29, 1.82) is 0 Å². The molecule has 0 aromatic carbocycles. The largest absolute Gasteiger partial charge is 0.481 e. The van der Waals surface area contributed by atoms with Crippen molar-refractivity contribution in [3.05, 3.63) is 0 Å². The van der Waals surface area contributed by atoms with Gasteiger partial charge < -0.3 is 5.11 Å². The molecule has 1 N–H and O–H groups in total. The van der Waals surface area contributed by atoms with Crippen LogP contribution in [-0.2, 0) is 4.79 Å². The second kappa shape index (κ2) is 5.50. The lowest BCUT2D eigenvalue weighted by molar-refractivity contribution is -0.138. The third kappa shape index (κ3) is 4.65. The lowest BCUT2D eigenvalue weighted by Gasteiger charge is -2.28. The number of rotatable bonds is 7. The minimum atomic E-state index is -0.683. The van der Waals surface area contributed by atoms with Gasteiger partial charge in [0.05, 0.1) is 6.42 Å². The van der Waals surface area contributed by atoms with Crippen LogP contribution in [0.25, 0.3) is 0 Å². The monoisotopic (exact) mass is 213 g/mol. The van der Waals surface area contributed by atoms with Gasteiger partial charge in [-0.05, 0) is 38.6 Å². The molecule has 0 bridgehead atoms. The second-order valence-corrected chi connectivity index (χ2v) is 5.10. The zero-order chi connectivity index (χ0) is 11.4. The average Bonchev–Trinajstić information content (AvgIpc) is 2.86. The summed E-state index contributed by atoms with van der Waals surface area (Å²) in [6.45, 7) is 7.52. The molecule has 0 radical (unpaired) electrons. The summed E-state index contributed by atoms with van der Waals surface area (Å²) in [7, 11) is 0. The van der Waals surface area contributed by atoms with Gasteiger partial charge in [0, 0.05) is 12.1 Å². The van der Waals surface area contributed by atoms with E-state index in [1.165, 1.54) is 19.3 Å². The molecule has 1 rings (SSSR count). The van der Waals surface area contributed by atoms with Crippen LogP contribution in [0.15, 0.2) is 0 Å². The van der Waals surface area contributed by atoms with E-state index in [0.29, 0.717) is 12.0 Å². The van der Waals surface area contributed by atoms with E-state index in [2.05, 4.69) is 18.7 Å². The van der Waals surface area contributed by atoms with Gasteiger partial charge in [0.15, 0.2) is 0 Å². The van der Waals surface area contributed by atoms with Gasteiger partial charge in [-0.3, -0.25) is 9.69 Å². The molecule has 1 aliphatic rings. The first-order valence-electron chi connectivity index (χ1n) is 5.98. The summed E-state index contributed by atoms with van der Waals surface area (Å²) in [6, 6.07) is 0.854. The van der Waals surface area contributed by atoms with Crippen LogP contribution in [-0.4, -0.2) is 34.6 Å². The van der Waals surface area contributed by atoms with Crippen LogP contribution in [0.4, 0.5) is 0 Å². The summed E-state index contributed by atoms with van der Waals surface area (Å²) in [5, 5.41) is 8.79. The lowest BCUT2D eigenvalue weighted by Crippen LogP contribution is -2.37. The highest BCUT2D eigenvalue weighted by Crippen LogP contribution is 2.29. The maximum absolute atomic E-state index is 10.7. The first kappa shape index (κ1) is 12.5. The summed E-state index contributed by atoms with van der Waals surface area (Å²) < 4.78 is 0. The first-order valence-corrected chi connectivity index (χ1v) is 5.98. The third-order valence-electron chi connectivity index (χ3n) is 3.02. The highest BCUT2D eigenvalue weighted by atomic mass is 16.4. The minimum absolute atomic E-state index is 0.189. The van der Waals surface area contributed by atoms with Crippen LogP contribution >= 0.6 is 0 Å². The smallest absolute Gasteiger partial charge is 0.304 e. The summed E-state index contributed by atoms with van der Waals surface area (Å²) in [6.07, 6.45) is 3.94. The van der Waals surface area contributed by atoms with Crippen LogP contribution in [0, 0.1) is 5.92 Å². The summed E-state index contributed by atoms with van der Waals surface area (Å²) in [5.41, 5.74) is 0. The molecule has 0 amide bonds. The summed E-state index contributed by atoms with van der Waals surface area (Å²) in [4.78, 5) is 13.1. The van der Waals surface area contributed by atoms with Crippen molar-refractivity contribution < 1.29 is 9.90 Å². The SMILES string of the molecule is CC(C)CCN(C(C)CC(=O)O)C1CC1. The van der Waals surface area contributed by atoms with E-state index >= 15 is 0 Å². The molecule has 15 heavy (non-hydrogen) atoms. The molecule has 0 heterocycles. The highest BCUT2D eigenvalue weighted by Gasteiger charge is 2.32. The van der Waals surface area contributed by atoms with Gasteiger partial charge in [0.2, 0.25) is 0 Å². The van der Waals surface area contributed by atoms with Gasteiger partial charge in [-0.1, -0.05) is 13.8 Å². The van der Waals surface area contributed by atoms with Crippen LogP contribution in [0.1, 0.15) is 46.5 Å². The van der Waals surface area contributed by atoms with Crippen molar-refractivity contribution in [3.63, 3.8) is 0 Å². The van der Waals surface area contributed by atoms with E-state index < -0.39 is 5.97 Å². The molecule has 0 saturated heterocycles. The molecule has 3 heteroatoms. The Bertz CT molecular complexity index is 212. The van der Waals surface area contributed by atoms with E-state index in [-0.39, 0.29) is 12.5 Å². The Labute approximate surface area is 92.5 Å². The third-order valence-corrected chi connectivity index (χ3v) is 3.02. The number of hydrogen-bond acceptors (Lipinski definition) is 2. The fourth-order valence-corrected chi connectivity index (χ4v) is 1.95. The number of carboxylic acids is 1. The molecule has 0 aliphatic heterocycles.